The summed E-state index contributed by atoms with van der Waals surface area (Å²) in [6, 6.07) is 17.3. The van der Waals surface area contributed by atoms with Crippen LogP contribution in [0.5, 0.6) is 0 Å². The third-order valence-electron chi connectivity index (χ3n) is 4.62. The van der Waals surface area contributed by atoms with Gasteiger partial charge in [-0.3, -0.25) is 9.69 Å². The molecule has 0 radical (unpaired) electrons. The number of ether oxygens (including phenoxy) is 1. The second-order valence-corrected chi connectivity index (χ2v) is 8.20. The summed E-state index contributed by atoms with van der Waals surface area (Å²) in [6.07, 6.45) is 0.272. The summed E-state index contributed by atoms with van der Waals surface area (Å²) >= 11 is 6.00. The van der Waals surface area contributed by atoms with Crippen LogP contribution in [0, 0.1) is 0 Å². The third kappa shape index (κ3) is 4.65. The molecule has 0 saturated carbocycles. The minimum absolute atomic E-state index is 0.206. The van der Waals surface area contributed by atoms with Gasteiger partial charge in [-0.25, -0.2) is 4.79 Å². The number of benzene rings is 2. The van der Waals surface area contributed by atoms with Crippen molar-refractivity contribution in [3.63, 3.8) is 0 Å². The summed E-state index contributed by atoms with van der Waals surface area (Å²) in [6.45, 7) is 6.42. The fraction of sp³-hybridized carbons (Fsp3) is 0.364. The summed E-state index contributed by atoms with van der Waals surface area (Å²) in [5.41, 5.74) is 2.11. The van der Waals surface area contributed by atoms with Gasteiger partial charge in [0.1, 0.15) is 5.60 Å². The number of rotatable bonds is 3. The van der Waals surface area contributed by atoms with Crippen molar-refractivity contribution >= 4 is 28.7 Å². The van der Waals surface area contributed by atoms with Gasteiger partial charge in [-0.1, -0.05) is 48.5 Å². The van der Waals surface area contributed by atoms with E-state index in [-0.39, 0.29) is 12.1 Å². The van der Waals surface area contributed by atoms with Crippen LogP contribution in [0.3, 0.4) is 0 Å². The Morgan fingerprint density at radius 2 is 1.71 bits per heavy atom. The van der Waals surface area contributed by atoms with Crippen molar-refractivity contribution in [3.8, 4) is 11.1 Å². The smallest absolute Gasteiger partial charge is 0.410 e. The van der Waals surface area contributed by atoms with Crippen molar-refractivity contribution in [2.75, 3.05) is 18.0 Å². The third-order valence-corrected chi connectivity index (χ3v) is 4.80. The number of halogens is 1. The quantitative estimate of drug-likeness (QED) is 0.502. The van der Waals surface area contributed by atoms with E-state index in [1.54, 1.807) is 9.80 Å². The number of nitrogens with zero attached hydrogens (tertiary/aromatic N) is 2. The zero-order chi connectivity index (χ0) is 20.3. The highest BCUT2D eigenvalue weighted by atomic mass is 35.5. The maximum atomic E-state index is 12.4. The Hall–Kier alpha value is -2.53. The topological polar surface area (TPSA) is 49.9 Å². The molecule has 1 atom stereocenters. The lowest BCUT2D eigenvalue weighted by Gasteiger charge is -2.29. The molecule has 2 amide bonds. The molecule has 0 bridgehead atoms. The van der Waals surface area contributed by atoms with E-state index in [1.165, 1.54) is 0 Å². The molecular weight excluding hydrogens is 376 g/mol. The number of hydrogen-bond acceptors (Lipinski definition) is 3. The largest absolute Gasteiger partial charge is 0.444 e. The maximum Gasteiger partial charge on any atom is 0.410 e. The fourth-order valence-electron chi connectivity index (χ4n) is 3.43. The van der Waals surface area contributed by atoms with Gasteiger partial charge in [0.15, 0.2) is 0 Å². The lowest BCUT2D eigenvalue weighted by Crippen LogP contribution is -2.42. The summed E-state index contributed by atoms with van der Waals surface area (Å²) < 4.78 is 5.46. The van der Waals surface area contributed by atoms with Crippen LogP contribution in [0.15, 0.2) is 54.6 Å². The number of carbonyl (C=O) groups is 2. The molecule has 1 aliphatic heterocycles. The number of likely N-dealkylation sites (tertiary alicyclic amines) is 1. The molecule has 148 valence electrons. The lowest BCUT2D eigenvalue weighted by molar-refractivity contribution is 0.0292. The molecular formula is C22H25ClN2O3. The van der Waals surface area contributed by atoms with E-state index < -0.39 is 11.0 Å². The molecule has 28 heavy (non-hydrogen) atoms. The standard InChI is InChI=1S/C22H25ClN2O3/c1-22(2,3)28-21(27)24-14-13-17(15-24)25(20(23)26)19-12-8-7-11-18(19)16-9-5-4-6-10-16/h4-12,17H,13-15H2,1-3H3. The zero-order valence-electron chi connectivity index (χ0n) is 16.4. The van der Waals surface area contributed by atoms with Crippen LogP contribution in [0.4, 0.5) is 15.3 Å². The second kappa shape index (κ2) is 8.23. The molecule has 3 rings (SSSR count). The van der Waals surface area contributed by atoms with Crippen LogP contribution < -0.4 is 4.90 Å². The fourth-order valence-corrected chi connectivity index (χ4v) is 3.65. The van der Waals surface area contributed by atoms with Gasteiger partial charge in [-0.05, 0) is 50.4 Å². The molecule has 2 aromatic carbocycles. The Morgan fingerprint density at radius 1 is 1.07 bits per heavy atom. The first-order valence-electron chi connectivity index (χ1n) is 9.37. The molecule has 0 spiro atoms. The monoisotopic (exact) mass is 400 g/mol. The minimum atomic E-state index is -0.558. The van der Waals surface area contributed by atoms with Crippen LogP contribution in [-0.2, 0) is 4.74 Å². The normalized spacial score (nSPS) is 16.7. The molecule has 1 fully saturated rings. The van der Waals surface area contributed by atoms with E-state index in [9.17, 15) is 9.59 Å². The number of anilines is 1. The number of amides is 2. The van der Waals surface area contributed by atoms with E-state index in [0.29, 0.717) is 19.5 Å². The Balaban J connectivity index is 1.87. The number of hydrogen-bond donors (Lipinski definition) is 0. The van der Waals surface area contributed by atoms with Gasteiger partial charge in [-0.15, -0.1) is 0 Å². The first-order valence-corrected chi connectivity index (χ1v) is 9.75. The first-order chi connectivity index (χ1) is 13.3. The van der Waals surface area contributed by atoms with Gasteiger partial charge < -0.3 is 9.64 Å². The zero-order valence-corrected chi connectivity index (χ0v) is 17.1. The maximum absolute atomic E-state index is 12.4. The van der Waals surface area contributed by atoms with E-state index in [2.05, 4.69) is 0 Å². The molecule has 0 aliphatic carbocycles. The molecule has 1 unspecified atom stereocenters. The van der Waals surface area contributed by atoms with Crippen molar-refractivity contribution in [3.05, 3.63) is 54.6 Å². The predicted molar refractivity (Wildman–Crippen MR) is 112 cm³/mol. The Bertz CT molecular complexity index is 848. The molecule has 1 heterocycles. The van der Waals surface area contributed by atoms with Gasteiger partial charge in [0.25, 0.3) is 0 Å². The van der Waals surface area contributed by atoms with Crippen molar-refractivity contribution in [1.82, 2.24) is 4.90 Å². The van der Waals surface area contributed by atoms with Gasteiger partial charge in [0.05, 0.1) is 11.7 Å². The van der Waals surface area contributed by atoms with E-state index >= 15 is 0 Å². The Kier molecular flexibility index (Phi) is 5.94. The highest BCUT2D eigenvalue weighted by Gasteiger charge is 2.36. The Morgan fingerprint density at radius 3 is 2.36 bits per heavy atom. The summed E-state index contributed by atoms with van der Waals surface area (Å²) in [7, 11) is 0. The predicted octanol–water partition coefficient (Wildman–Crippen LogP) is 5.53. The SMILES string of the molecule is CC(C)(C)OC(=O)N1CCC(N(C(=O)Cl)c2ccccc2-c2ccccc2)C1. The van der Waals surface area contributed by atoms with Crippen LogP contribution >= 0.6 is 11.6 Å². The minimum Gasteiger partial charge on any atom is -0.444 e. The molecule has 0 N–H and O–H groups in total. The van der Waals surface area contributed by atoms with Crippen LogP contribution in [0.1, 0.15) is 27.2 Å². The van der Waals surface area contributed by atoms with Crippen molar-refractivity contribution in [2.45, 2.75) is 38.8 Å². The van der Waals surface area contributed by atoms with Gasteiger partial charge in [-0.2, -0.15) is 0 Å². The highest BCUT2D eigenvalue weighted by molar-refractivity contribution is 6.66. The molecule has 5 nitrogen and oxygen atoms in total. The van der Waals surface area contributed by atoms with Gasteiger partial charge >= 0.3 is 11.5 Å². The van der Waals surface area contributed by atoms with Crippen molar-refractivity contribution in [2.24, 2.45) is 0 Å². The molecule has 1 aliphatic rings. The van der Waals surface area contributed by atoms with Gasteiger partial charge in [0, 0.05) is 18.7 Å². The van der Waals surface area contributed by atoms with Gasteiger partial charge in [0.2, 0.25) is 0 Å². The molecule has 2 aromatic rings. The Labute approximate surface area is 170 Å². The summed E-state index contributed by atoms with van der Waals surface area (Å²) in [5.74, 6) is 0. The lowest BCUT2D eigenvalue weighted by atomic mass is 10.0. The average Bonchev–Trinajstić information content (AvgIpc) is 3.11. The van der Waals surface area contributed by atoms with E-state index in [0.717, 1.165) is 16.8 Å². The number of carbonyl (C=O) groups excluding carboxylic acids is 2. The molecule has 6 heteroatoms. The average molecular weight is 401 g/mol. The summed E-state index contributed by atoms with van der Waals surface area (Å²) in [5, 5.41) is -0.556. The van der Waals surface area contributed by atoms with Crippen LogP contribution in [0.25, 0.3) is 11.1 Å². The van der Waals surface area contributed by atoms with Crippen molar-refractivity contribution in [1.29, 1.82) is 0 Å². The summed E-state index contributed by atoms with van der Waals surface area (Å²) in [4.78, 5) is 28.0. The van der Waals surface area contributed by atoms with Crippen molar-refractivity contribution < 1.29 is 14.3 Å². The molecule has 1 saturated heterocycles. The van der Waals surface area contributed by atoms with E-state index in [1.807, 2.05) is 75.4 Å². The van der Waals surface area contributed by atoms with E-state index in [4.69, 9.17) is 16.3 Å². The highest BCUT2D eigenvalue weighted by Crippen LogP contribution is 2.34. The van der Waals surface area contributed by atoms with Crippen LogP contribution in [0.2, 0.25) is 0 Å². The first kappa shape index (κ1) is 20.2. The number of para-hydroxylation sites is 1. The van der Waals surface area contributed by atoms with Crippen LogP contribution in [-0.4, -0.2) is 41.1 Å². The second-order valence-electron chi connectivity index (χ2n) is 7.87. The molecule has 0 aromatic heterocycles.